The highest BCUT2D eigenvalue weighted by atomic mass is 16.6. The third kappa shape index (κ3) is 3.10. The molecule has 0 amide bonds. The van der Waals surface area contributed by atoms with Gasteiger partial charge in [0.05, 0.1) is 6.61 Å². The van der Waals surface area contributed by atoms with E-state index in [9.17, 15) is 10.1 Å². The number of nitro groups is 1. The summed E-state index contributed by atoms with van der Waals surface area (Å²) in [5.74, 6) is -0.215. The molecule has 23 heavy (non-hydrogen) atoms. The van der Waals surface area contributed by atoms with E-state index >= 15 is 0 Å². The smallest absolute Gasteiger partial charge is 0.400 e. The van der Waals surface area contributed by atoms with Gasteiger partial charge in [0.2, 0.25) is 0 Å². The highest BCUT2D eigenvalue weighted by molar-refractivity contribution is 5.98. The molecule has 0 saturated heterocycles. The summed E-state index contributed by atoms with van der Waals surface area (Å²) in [4.78, 5) is 10.9. The van der Waals surface area contributed by atoms with Crippen molar-refractivity contribution in [1.29, 1.82) is 0 Å². The van der Waals surface area contributed by atoms with Gasteiger partial charge in [0.1, 0.15) is 16.1 Å². The Labute approximate surface area is 133 Å². The number of hydrogen-bond donors (Lipinski definition) is 0. The van der Waals surface area contributed by atoms with Crippen LogP contribution < -0.4 is 0 Å². The van der Waals surface area contributed by atoms with Crippen LogP contribution in [0.5, 0.6) is 0 Å². The van der Waals surface area contributed by atoms with E-state index in [0.29, 0.717) is 24.4 Å². The zero-order valence-corrected chi connectivity index (χ0v) is 12.8. The average molecular weight is 311 g/mol. The summed E-state index contributed by atoms with van der Waals surface area (Å²) < 4.78 is 10.8. The third-order valence-electron chi connectivity index (χ3n) is 3.70. The van der Waals surface area contributed by atoms with E-state index in [1.54, 1.807) is 6.07 Å². The Kier molecular flexibility index (Phi) is 4.39. The van der Waals surface area contributed by atoms with E-state index in [2.05, 4.69) is 0 Å². The lowest BCUT2D eigenvalue weighted by atomic mass is 10.0. The summed E-state index contributed by atoms with van der Waals surface area (Å²) in [6, 6.07) is 15.0. The van der Waals surface area contributed by atoms with Crippen LogP contribution in [0.15, 0.2) is 52.9 Å². The molecule has 0 N–H and O–H groups in total. The molecule has 0 spiro atoms. The Bertz CT molecular complexity index is 824. The van der Waals surface area contributed by atoms with Gasteiger partial charge in [-0.05, 0) is 36.6 Å². The van der Waals surface area contributed by atoms with Gasteiger partial charge in [-0.3, -0.25) is 10.1 Å². The number of hydrogen-bond acceptors (Lipinski definition) is 4. The molecule has 0 aliphatic heterocycles. The summed E-state index contributed by atoms with van der Waals surface area (Å²) >= 11 is 0. The highest BCUT2D eigenvalue weighted by Crippen LogP contribution is 2.40. The molecular weight excluding hydrogens is 294 g/mol. The Morgan fingerprint density at radius 1 is 1.17 bits per heavy atom. The Balaban J connectivity index is 2.12. The second kappa shape index (κ2) is 6.62. The van der Waals surface area contributed by atoms with E-state index in [0.717, 1.165) is 22.9 Å². The zero-order chi connectivity index (χ0) is 16.2. The van der Waals surface area contributed by atoms with Gasteiger partial charge < -0.3 is 9.15 Å². The molecule has 1 heterocycles. The van der Waals surface area contributed by atoms with Gasteiger partial charge in [-0.2, -0.15) is 0 Å². The van der Waals surface area contributed by atoms with Crippen LogP contribution in [0, 0.1) is 10.1 Å². The largest absolute Gasteiger partial charge is 0.442 e. The number of nitrogens with zero attached hydrogens (tertiary/aromatic N) is 1. The van der Waals surface area contributed by atoms with Gasteiger partial charge in [-0.1, -0.05) is 36.4 Å². The molecular formula is C18H17NO4. The van der Waals surface area contributed by atoms with E-state index in [4.69, 9.17) is 9.15 Å². The summed E-state index contributed by atoms with van der Waals surface area (Å²) in [7, 11) is 0. The first-order valence-electron chi connectivity index (χ1n) is 7.53. The maximum atomic E-state index is 11.4. The topological polar surface area (TPSA) is 65.5 Å². The molecule has 3 rings (SSSR count). The molecule has 2 aromatic carbocycles. The van der Waals surface area contributed by atoms with Crippen LogP contribution in [0.25, 0.3) is 22.1 Å². The van der Waals surface area contributed by atoms with Crippen LogP contribution >= 0.6 is 0 Å². The number of fused-ring (bicyclic) bond motifs is 1. The number of ether oxygens (including phenoxy) is 1. The minimum absolute atomic E-state index is 0.215. The van der Waals surface area contributed by atoms with Gasteiger partial charge in [-0.15, -0.1) is 0 Å². The van der Waals surface area contributed by atoms with Crippen molar-refractivity contribution >= 4 is 16.9 Å². The lowest BCUT2D eigenvalue weighted by Crippen LogP contribution is -1.97. The third-order valence-corrected chi connectivity index (χ3v) is 3.70. The van der Waals surface area contributed by atoms with Crippen molar-refractivity contribution in [1.82, 2.24) is 0 Å². The predicted molar refractivity (Wildman–Crippen MR) is 88.5 cm³/mol. The van der Waals surface area contributed by atoms with Gasteiger partial charge in [0.15, 0.2) is 0 Å². The Morgan fingerprint density at radius 3 is 2.65 bits per heavy atom. The van der Waals surface area contributed by atoms with Gasteiger partial charge in [0, 0.05) is 12.0 Å². The Morgan fingerprint density at radius 2 is 1.96 bits per heavy atom. The van der Waals surface area contributed by atoms with Crippen LogP contribution in [0.3, 0.4) is 0 Å². The molecule has 0 bridgehead atoms. The molecule has 5 heteroatoms. The van der Waals surface area contributed by atoms with Crippen molar-refractivity contribution in [2.24, 2.45) is 0 Å². The first-order valence-corrected chi connectivity index (χ1v) is 7.53. The van der Waals surface area contributed by atoms with Gasteiger partial charge in [-0.25, -0.2) is 0 Å². The summed E-state index contributed by atoms with van der Waals surface area (Å²) in [5, 5.41) is 12.1. The lowest BCUT2D eigenvalue weighted by Gasteiger charge is -2.03. The second-order valence-corrected chi connectivity index (χ2v) is 5.18. The van der Waals surface area contributed by atoms with E-state index < -0.39 is 4.92 Å². The quantitative estimate of drug-likeness (QED) is 0.379. The van der Waals surface area contributed by atoms with Crippen molar-refractivity contribution < 1.29 is 14.1 Å². The molecule has 0 aliphatic carbocycles. The number of benzene rings is 2. The molecule has 0 atom stereocenters. The molecule has 5 nitrogen and oxygen atoms in total. The number of furan rings is 1. The first kappa shape index (κ1) is 15.2. The lowest BCUT2D eigenvalue weighted by molar-refractivity contribution is -0.400. The van der Waals surface area contributed by atoms with Crippen LogP contribution in [0.1, 0.15) is 12.5 Å². The fourth-order valence-electron chi connectivity index (χ4n) is 2.63. The first-order chi connectivity index (χ1) is 11.2. The molecule has 0 saturated carbocycles. The monoisotopic (exact) mass is 311 g/mol. The summed E-state index contributed by atoms with van der Waals surface area (Å²) in [5.41, 5.74) is 2.90. The van der Waals surface area contributed by atoms with E-state index in [1.165, 1.54) is 0 Å². The van der Waals surface area contributed by atoms with Gasteiger partial charge in [0.25, 0.3) is 0 Å². The van der Waals surface area contributed by atoms with E-state index in [1.807, 2.05) is 49.4 Å². The molecule has 3 aromatic rings. The highest BCUT2D eigenvalue weighted by Gasteiger charge is 2.25. The number of rotatable bonds is 6. The SMILES string of the molecule is CCOCCc1ccc2oc([N+](=O)[O-])c(-c3ccccc3)c2c1. The van der Waals surface area contributed by atoms with Crippen molar-refractivity contribution in [3.05, 3.63) is 64.2 Å². The predicted octanol–water partition coefficient (Wildman–Crippen LogP) is 4.59. The molecule has 0 fully saturated rings. The molecule has 0 radical (unpaired) electrons. The van der Waals surface area contributed by atoms with Gasteiger partial charge >= 0.3 is 5.88 Å². The second-order valence-electron chi connectivity index (χ2n) is 5.18. The van der Waals surface area contributed by atoms with Crippen LogP contribution in [0.2, 0.25) is 0 Å². The minimum atomic E-state index is -0.470. The van der Waals surface area contributed by atoms with E-state index in [-0.39, 0.29) is 5.88 Å². The molecule has 1 aromatic heterocycles. The summed E-state index contributed by atoms with van der Waals surface area (Å²) in [6.45, 7) is 3.26. The normalized spacial score (nSPS) is 11.0. The fraction of sp³-hybridized carbons (Fsp3) is 0.222. The van der Waals surface area contributed by atoms with Crippen molar-refractivity contribution in [2.45, 2.75) is 13.3 Å². The summed E-state index contributed by atoms with van der Waals surface area (Å²) in [6.07, 6.45) is 0.761. The van der Waals surface area contributed by atoms with Crippen LogP contribution in [-0.2, 0) is 11.2 Å². The maximum Gasteiger partial charge on any atom is 0.442 e. The molecule has 118 valence electrons. The maximum absolute atomic E-state index is 11.4. The van der Waals surface area contributed by atoms with Crippen molar-refractivity contribution in [3.63, 3.8) is 0 Å². The Hall–Kier alpha value is -2.66. The van der Waals surface area contributed by atoms with Crippen LogP contribution in [0.4, 0.5) is 5.88 Å². The zero-order valence-electron chi connectivity index (χ0n) is 12.8. The van der Waals surface area contributed by atoms with Crippen molar-refractivity contribution in [2.75, 3.05) is 13.2 Å². The standard InChI is InChI=1S/C18H17NO4/c1-2-22-11-10-13-8-9-16-15(12-13)17(18(23-16)19(20)21)14-6-4-3-5-7-14/h3-9,12H,2,10-11H2,1H3. The molecule has 0 aliphatic rings. The minimum Gasteiger partial charge on any atom is -0.400 e. The van der Waals surface area contributed by atoms with Crippen molar-refractivity contribution in [3.8, 4) is 11.1 Å². The van der Waals surface area contributed by atoms with Crippen LogP contribution in [-0.4, -0.2) is 18.1 Å². The molecule has 0 unspecified atom stereocenters. The average Bonchev–Trinajstić information content (AvgIpc) is 2.95. The fourth-order valence-corrected chi connectivity index (χ4v) is 2.63.